The van der Waals surface area contributed by atoms with E-state index in [9.17, 15) is 18.7 Å². The molecule has 5 nitrogen and oxygen atoms in total. The Morgan fingerprint density at radius 3 is 2.50 bits per heavy atom. The predicted molar refractivity (Wildman–Crippen MR) is 96.3 cm³/mol. The predicted octanol–water partition coefficient (Wildman–Crippen LogP) is 2.82. The zero-order valence-electron chi connectivity index (χ0n) is 14.5. The number of aromatic hydroxyl groups is 1. The molecule has 1 aliphatic rings. The number of nitrogens with one attached hydrogen (secondary N) is 1. The molecule has 2 N–H and O–H groups in total. The van der Waals surface area contributed by atoms with Crippen molar-refractivity contribution in [3.05, 3.63) is 54.1 Å². The lowest BCUT2D eigenvalue weighted by Gasteiger charge is -2.38. The maximum Gasteiger partial charge on any atom is 0.241 e. The highest BCUT2D eigenvalue weighted by molar-refractivity contribution is 5.94. The monoisotopic (exact) mass is 361 g/mol. The summed E-state index contributed by atoms with van der Waals surface area (Å²) in [6.07, 6.45) is 0. The SMILES string of the molecule is C[C@@H](C(=O)Nc1cc(F)ccc1F)N1CCN(c2ccccc2O)CC1. The van der Waals surface area contributed by atoms with Gasteiger partial charge in [-0.15, -0.1) is 0 Å². The highest BCUT2D eigenvalue weighted by atomic mass is 19.1. The van der Waals surface area contributed by atoms with Crippen LogP contribution in [0.15, 0.2) is 42.5 Å². The summed E-state index contributed by atoms with van der Waals surface area (Å²) in [5.74, 6) is -1.43. The van der Waals surface area contributed by atoms with E-state index in [4.69, 9.17) is 0 Å². The van der Waals surface area contributed by atoms with E-state index in [1.165, 1.54) is 0 Å². The third-order valence-electron chi connectivity index (χ3n) is 4.65. The smallest absolute Gasteiger partial charge is 0.241 e. The molecule has 1 heterocycles. The number of rotatable bonds is 4. The quantitative estimate of drug-likeness (QED) is 0.879. The standard InChI is InChI=1S/C19H21F2N3O2/c1-13(19(26)22-16-12-14(20)6-7-15(16)21)23-8-10-24(11-9-23)17-4-2-3-5-18(17)25/h2-7,12-13,25H,8-11H2,1H3,(H,22,26)/t13-/m0/s1. The van der Waals surface area contributed by atoms with Crippen LogP contribution in [0.4, 0.5) is 20.2 Å². The van der Waals surface area contributed by atoms with Crippen LogP contribution in [0.1, 0.15) is 6.92 Å². The number of carbonyl (C=O) groups excluding carboxylic acids is 1. The topological polar surface area (TPSA) is 55.8 Å². The molecule has 26 heavy (non-hydrogen) atoms. The molecule has 0 saturated carbocycles. The third kappa shape index (κ3) is 3.94. The lowest BCUT2D eigenvalue weighted by Crippen LogP contribution is -2.52. The second kappa shape index (κ2) is 7.70. The zero-order chi connectivity index (χ0) is 18.7. The Morgan fingerprint density at radius 2 is 1.81 bits per heavy atom. The Bertz CT molecular complexity index is 792. The van der Waals surface area contributed by atoms with Crippen molar-refractivity contribution in [3.8, 4) is 5.75 Å². The molecule has 0 aromatic heterocycles. The minimum absolute atomic E-state index is 0.158. The summed E-state index contributed by atoms with van der Waals surface area (Å²) in [4.78, 5) is 16.4. The van der Waals surface area contributed by atoms with Crippen molar-refractivity contribution < 1.29 is 18.7 Å². The van der Waals surface area contributed by atoms with Gasteiger partial charge in [-0.1, -0.05) is 12.1 Å². The highest BCUT2D eigenvalue weighted by Crippen LogP contribution is 2.27. The fourth-order valence-corrected chi connectivity index (χ4v) is 3.08. The Hall–Kier alpha value is -2.67. The molecule has 1 saturated heterocycles. The number of anilines is 2. The number of piperazine rings is 1. The summed E-state index contributed by atoms with van der Waals surface area (Å²) in [6, 6.07) is 9.62. The van der Waals surface area contributed by atoms with Crippen LogP contribution in [0, 0.1) is 11.6 Å². The van der Waals surface area contributed by atoms with Crippen LogP contribution in [0.5, 0.6) is 5.75 Å². The minimum Gasteiger partial charge on any atom is -0.506 e. The van der Waals surface area contributed by atoms with Gasteiger partial charge in [0.1, 0.15) is 17.4 Å². The molecule has 1 amide bonds. The zero-order valence-corrected chi connectivity index (χ0v) is 14.5. The number of hydrogen-bond donors (Lipinski definition) is 2. The van der Waals surface area contributed by atoms with Gasteiger partial charge in [-0.05, 0) is 31.2 Å². The number of phenols is 1. The van der Waals surface area contributed by atoms with Crippen molar-refractivity contribution >= 4 is 17.3 Å². The van der Waals surface area contributed by atoms with E-state index in [0.29, 0.717) is 26.2 Å². The van der Waals surface area contributed by atoms with Crippen LogP contribution in [0.3, 0.4) is 0 Å². The number of phenolic OH excluding ortho intramolecular Hbond substituents is 1. The van der Waals surface area contributed by atoms with Gasteiger partial charge in [0.2, 0.25) is 5.91 Å². The summed E-state index contributed by atoms with van der Waals surface area (Å²) in [7, 11) is 0. The molecule has 138 valence electrons. The van der Waals surface area contributed by atoms with Gasteiger partial charge in [0.25, 0.3) is 0 Å². The lowest BCUT2D eigenvalue weighted by atomic mass is 10.2. The van der Waals surface area contributed by atoms with Gasteiger partial charge in [0.05, 0.1) is 17.4 Å². The normalized spacial score (nSPS) is 16.3. The first-order chi connectivity index (χ1) is 12.5. The minimum atomic E-state index is -0.670. The molecule has 3 rings (SSSR count). The van der Waals surface area contributed by atoms with E-state index in [1.807, 2.05) is 17.0 Å². The average molecular weight is 361 g/mol. The van der Waals surface area contributed by atoms with Gasteiger partial charge >= 0.3 is 0 Å². The van der Waals surface area contributed by atoms with Gasteiger partial charge in [-0.2, -0.15) is 0 Å². The maximum absolute atomic E-state index is 13.7. The van der Waals surface area contributed by atoms with E-state index in [1.54, 1.807) is 19.1 Å². The van der Waals surface area contributed by atoms with Crippen molar-refractivity contribution in [3.63, 3.8) is 0 Å². The summed E-state index contributed by atoms with van der Waals surface area (Å²) < 4.78 is 26.9. The number of hydrogen-bond acceptors (Lipinski definition) is 4. The summed E-state index contributed by atoms with van der Waals surface area (Å²) in [6.45, 7) is 4.29. The third-order valence-corrected chi connectivity index (χ3v) is 4.65. The van der Waals surface area contributed by atoms with Crippen LogP contribution in [-0.4, -0.2) is 48.1 Å². The van der Waals surface area contributed by atoms with Crippen LogP contribution >= 0.6 is 0 Å². The van der Waals surface area contributed by atoms with Gasteiger partial charge in [0, 0.05) is 32.2 Å². The van der Waals surface area contributed by atoms with Crippen LogP contribution < -0.4 is 10.2 Å². The average Bonchev–Trinajstić information content (AvgIpc) is 2.64. The number of halogens is 2. The molecule has 0 radical (unpaired) electrons. The number of nitrogens with zero attached hydrogens (tertiary/aromatic N) is 2. The van der Waals surface area contributed by atoms with Gasteiger partial charge in [-0.3, -0.25) is 9.69 Å². The molecular weight excluding hydrogens is 340 g/mol. The lowest BCUT2D eigenvalue weighted by molar-refractivity contribution is -0.120. The van der Waals surface area contributed by atoms with Gasteiger partial charge in [-0.25, -0.2) is 8.78 Å². The van der Waals surface area contributed by atoms with E-state index in [0.717, 1.165) is 23.9 Å². The number of benzene rings is 2. The van der Waals surface area contributed by atoms with E-state index in [-0.39, 0.29) is 17.3 Å². The summed E-state index contributed by atoms with van der Waals surface area (Å²) in [5.41, 5.74) is 0.612. The van der Waals surface area contributed by atoms with Crippen molar-refractivity contribution in [2.45, 2.75) is 13.0 Å². The van der Waals surface area contributed by atoms with E-state index in [2.05, 4.69) is 10.2 Å². The van der Waals surface area contributed by atoms with Crippen molar-refractivity contribution in [1.82, 2.24) is 4.90 Å². The highest BCUT2D eigenvalue weighted by Gasteiger charge is 2.27. The van der Waals surface area contributed by atoms with Crippen LogP contribution in [0.25, 0.3) is 0 Å². The molecule has 7 heteroatoms. The molecule has 0 bridgehead atoms. The molecule has 0 aliphatic carbocycles. The van der Waals surface area contributed by atoms with Crippen LogP contribution in [-0.2, 0) is 4.79 Å². The second-order valence-electron chi connectivity index (χ2n) is 6.30. The van der Waals surface area contributed by atoms with E-state index >= 15 is 0 Å². The summed E-state index contributed by atoms with van der Waals surface area (Å²) >= 11 is 0. The first kappa shape index (κ1) is 18.1. The maximum atomic E-state index is 13.7. The number of para-hydroxylation sites is 2. The molecule has 0 unspecified atom stereocenters. The second-order valence-corrected chi connectivity index (χ2v) is 6.30. The number of amides is 1. The Balaban J connectivity index is 1.59. The first-order valence-corrected chi connectivity index (χ1v) is 8.48. The number of carbonyl (C=O) groups is 1. The molecule has 1 aliphatic heterocycles. The van der Waals surface area contributed by atoms with Gasteiger partial charge < -0.3 is 15.3 Å². The van der Waals surface area contributed by atoms with Gasteiger partial charge in [0.15, 0.2) is 0 Å². The van der Waals surface area contributed by atoms with Crippen molar-refractivity contribution in [1.29, 1.82) is 0 Å². The van der Waals surface area contributed by atoms with Crippen molar-refractivity contribution in [2.24, 2.45) is 0 Å². The first-order valence-electron chi connectivity index (χ1n) is 8.48. The Morgan fingerprint density at radius 1 is 1.12 bits per heavy atom. The fourth-order valence-electron chi connectivity index (χ4n) is 3.08. The molecule has 2 aromatic rings. The fraction of sp³-hybridized carbons (Fsp3) is 0.316. The molecular formula is C19H21F2N3O2. The molecule has 1 atom stereocenters. The Kier molecular flexibility index (Phi) is 5.37. The molecule has 0 spiro atoms. The Labute approximate surface area is 150 Å². The van der Waals surface area contributed by atoms with E-state index < -0.39 is 17.7 Å². The summed E-state index contributed by atoms with van der Waals surface area (Å²) in [5, 5.41) is 12.4. The molecule has 1 fully saturated rings. The van der Waals surface area contributed by atoms with Crippen LogP contribution in [0.2, 0.25) is 0 Å². The molecule has 2 aromatic carbocycles. The van der Waals surface area contributed by atoms with Crippen molar-refractivity contribution in [2.75, 3.05) is 36.4 Å². The largest absolute Gasteiger partial charge is 0.506 e.